The summed E-state index contributed by atoms with van der Waals surface area (Å²) >= 11 is 1.09. The number of nitrogens with zero attached hydrogens (tertiary/aromatic N) is 2. The number of carbonyl (C=O) groups excluding carboxylic acids is 4. The molecule has 0 bridgehead atoms. The second kappa shape index (κ2) is 9.62. The van der Waals surface area contributed by atoms with Gasteiger partial charge < -0.3 is 10.1 Å². The van der Waals surface area contributed by atoms with Crippen LogP contribution in [0.4, 0.5) is 5.13 Å². The summed E-state index contributed by atoms with van der Waals surface area (Å²) in [4.78, 5) is 54.4. The van der Waals surface area contributed by atoms with Crippen LogP contribution in [0.1, 0.15) is 68.7 Å². The number of unbranched alkanes of at least 4 members (excludes halogenated alkanes) is 2. The molecule has 2 aromatic rings. The number of hydrogen-bond acceptors (Lipinski definition) is 7. The van der Waals surface area contributed by atoms with Crippen molar-refractivity contribution in [2.75, 3.05) is 18.5 Å². The minimum atomic E-state index is -0.443. The standard InChI is InChI=1S/C21H23N3O5S/c1-3-29-20(28)17-13(2)22-21(30-17)23-16(25)11-5-4-8-12-24-18(26)14-9-6-7-10-15(14)19(24)27/h6-7,9-10H,3-5,8,11-12H2,1-2H3,(H,22,23,25). The van der Waals surface area contributed by atoms with Gasteiger partial charge in [-0.2, -0.15) is 0 Å². The Morgan fingerprint density at radius 1 is 1.10 bits per heavy atom. The number of imide groups is 1. The summed E-state index contributed by atoms with van der Waals surface area (Å²) < 4.78 is 4.96. The normalized spacial score (nSPS) is 12.8. The summed E-state index contributed by atoms with van der Waals surface area (Å²) in [5, 5.41) is 3.07. The van der Waals surface area contributed by atoms with E-state index in [-0.39, 0.29) is 30.7 Å². The van der Waals surface area contributed by atoms with Crippen LogP contribution in [0.5, 0.6) is 0 Å². The van der Waals surface area contributed by atoms with Crippen LogP contribution in [-0.4, -0.2) is 46.7 Å². The third-order valence-electron chi connectivity index (χ3n) is 4.67. The first-order chi connectivity index (χ1) is 14.4. The smallest absolute Gasteiger partial charge is 0.350 e. The Labute approximate surface area is 178 Å². The average Bonchev–Trinajstić information content (AvgIpc) is 3.20. The topological polar surface area (TPSA) is 106 Å². The zero-order valence-electron chi connectivity index (χ0n) is 16.9. The van der Waals surface area contributed by atoms with Crippen LogP contribution in [0.2, 0.25) is 0 Å². The van der Waals surface area contributed by atoms with Gasteiger partial charge in [-0.1, -0.05) is 29.9 Å². The predicted octanol–water partition coefficient (Wildman–Crippen LogP) is 3.42. The molecule has 3 rings (SSSR count). The number of nitrogens with one attached hydrogen (secondary N) is 1. The lowest BCUT2D eigenvalue weighted by Crippen LogP contribution is -2.30. The minimum absolute atomic E-state index is 0.195. The molecule has 0 unspecified atom stereocenters. The van der Waals surface area contributed by atoms with Crippen molar-refractivity contribution >= 4 is 40.2 Å². The summed E-state index contributed by atoms with van der Waals surface area (Å²) in [6.45, 7) is 4.03. The predicted molar refractivity (Wildman–Crippen MR) is 112 cm³/mol. The fraction of sp³-hybridized carbons (Fsp3) is 0.381. The number of ether oxygens (including phenoxy) is 1. The van der Waals surface area contributed by atoms with Gasteiger partial charge in [0.15, 0.2) is 5.13 Å². The van der Waals surface area contributed by atoms with Crippen LogP contribution in [0.15, 0.2) is 24.3 Å². The maximum Gasteiger partial charge on any atom is 0.350 e. The molecule has 1 aliphatic heterocycles. The van der Waals surface area contributed by atoms with E-state index in [0.29, 0.717) is 52.6 Å². The second-order valence-electron chi connectivity index (χ2n) is 6.82. The molecule has 158 valence electrons. The molecule has 0 fully saturated rings. The number of carbonyl (C=O) groups is 4. The number of hydrogen-bond donors (Lipinski definition) is 1. The van der Waals surface area contributed by atoms with Crippen molar-refractivity contribution in [1.82, 2.24) is 9.88 Å². The lowest BCUT2D eigenvalue weighted by Gasteiger charge is -2.13. The zero-order valence-corrected chi connectivity index (χ0v) is 17.7. The van der Waals surface area contributed by atoms with E-state index in [0.717, 1.165) is 11.3 Å². The van der Waals surface area contributed by atoms with Gasteiger partial charge in [-0.25, -0.2) is 9.78 Å². The number of fused-ring (bicyclic) bond motifs is 1. The molecule has 1 aliphatic rings. The van der Waals surface area contributed by atoms with Crippen molar-refractivity contribution < 1.29 is 23.9 Å². The largest absolute Gasteiger partial charge is 0.462 e. The molecule has 1 aromatic carbocycles. The van der Waals surface area contributed by atoms with Crippen LogP contribution in [0.3, 0.4) is 0 Å². The number of thiazole rings is 1. The van der Waals surface area contributed by atoms with Crippen LogP contribution in [-0.2, 0) is 9.53 Å². The van der Waals surface area contributed by atoms with Crippen molar-refractivity contribution in [3.8, 4) is 0 Å². The fourth-order valence-electron chi connectivity index (χ4n) is 3.19. The number of aromatic nitrogens is 1. The van der Waals surface area contributed by atoms with Gasteiger partial charge in [0.2, 0.25) is 5.91 Å². The highest BCUT2D eigenvalue weighted by Crippen LogP contribution is 2.24. The number of aryl methyl sites for hydroxylation is 1. The lowest BCUT2D eigenvalue weighted by atomic mass is 10.1. The highest BCUT2D eigenvalue weighted by Gasteiger charge is 2.34. The molecule has 9 heteroatoms. The third-order valence-corrected chi connectivity index (χ3v) is 5.72. The van der Waals surface area contributed by atoms with Crippen molar-refractivity contribution in [2.45, 2.75) is 39.5 Å². The fourth-order valence-corrected chi connectivity index (χ4v) is 4.07. The van der Waals surface area contributed by atoms with Gasteiger partial charge >= 0.3 is 5.97 Å². The molecule has 2 heterocycles. The van der Waals surface area contributed by atoms with Crippen molar-refractivity contribution in [2.24, 2.45) is 0 Å². The molecule has 0 saturated carbocycles. The highest BCUT2D eigenvalue weighted by molar-refractivity contribution is 7.17. The maximum atomic E-state index is 12.3. The van der Waals surface area contributed by atoms with Gasteiger partial charge in [0.1, 0.15) is 4.88 Å². The van der Waals surface area contributed by atoms with E-state index in [9.17, 15) is 19.2 Å². The summed E-state index contributed by atoms with van der Waals surface area (Å²) in [6, 6.07) is 6.80. The number of anilines is 1. The van der Waals surface area contributed by atoms with Crippen LogP contribution < -0.4 is 5.32 Å². The molecule has 3 amide bonds. The Morgan fingerprint density at radius 2 is 1.77 bits per heavy atom. The van der Waals surface area contributed by atoms with Crippen LogP contribution >= 0.6 is 11.3 Å². The van der Waals surface area contributed by atoms with Crippen LogP contribution in [0.25, 0.3) is 0 Å². The number of rotatable bonds is 9. The molecule has 30 heavy (non-hydrogen) atoms. The summed E-state index contributed by atoms with van der Waals surface area (Å²) in [5.41, 5.74) is 1.42. The molecule has 0 aliphatic carbocycles. The van der Waals surface area contributed by atoms with E-state index in [1.165, 1.54) is 4.90 Å². The molecule has 0 saturated heterocycles. The van der Waals surface area contributed by atoms with E-state index in [2.05, 4.69) is 10.3 Å². The molecule has 1 aromatic heterocycles. The Balaban J connectivity index is 1.40. The first kappa shape index (κ1) is 21.6. The number of esters is 1. The monoisotopic (exact) mass is 429 g/mol. The quantitative estimate of drug-likeness (QED) is 0.372. The van der Waals surface area contributed by atoms with E-state index in [1.54, 1.807) is 38.1 Å². The Kier molecular flexibility index (Phi) is 6.94. The Bertz CT molecular complexity index is 950. The van der Waals surface area contributed by atoms with Crippen LogP contribution in [0, 0.1) is 6.92 Å². The van der Waals surface area contributed by atoms with Gasteiger partial charge in [-0.15, -0.1) is 0 Å². The zero-order chi connectivity index (χ0) is 21.7. The van der Waals surface area contributed by atoms with E-state index < -0.39 is 5.97 Å². The van der Waals surface area contributed by atoms with Gasteiger partial charge in [-0.05, 0) is 38.8 Å². The molecule has 0 radical (unpaired) electrons. The molecule has 0 spiro atoms. The molecular weight excluding hydrogens is 406 g/mol. The maximum absolute atomic E-state index is 12.3. The number of amides is 3. The average molecular weight is 429 g/mol. The molecule has 8 nitrogen and oxygen atoms in total. The summed E-state index contributed by atoms with van der Waals surface area (Å²) in [7, 11) is 0. The second-order valence-corrected chi connectivity index (χ2v) is 7.82. The van der Waals surface area contributed by atoms with Crippen molar-refractivity contribution in [3.05, 3.63) is 46.0 Å². The molecule has 1 N–H and O–H groups in total. The van der Waals surface area contributed by atoms with Crippen molar-refractivity contribution in [3.63, 3.8) is 0 Å². The van der Waals surface area contributed by atoms with Gasteiger partial charge in [-0.3, -0.25) is 19.3 Å². The number of benzene rings is 1. The SMILES string of the molecule is CCOC(=O)c1sc(NC(=O)CCCCCN2C(=O)c3ccccc3C2=O)nc1C. The van der Waals surface area contributed by atoms with Gasteiger partial charge in [0.05, 0.1) is 23.4 Å². The lowest BCUT2D eigenvalue weighted by molar-refractivity contribution is -0.116. The third kappa shape index (κ3) is 4.73. The molecular formula is C21H23N3O5S. The summed E-state index contributed by atoms with van der Waals surface area (Å²) in [5.74, 6) is -1.16. The highest BCUT2D eigenvalue weighted by atomic mass is 32.1. The minimum Gasteiger partial charge on any atom is -0.462 e. The van der Waals surface area contributed by atoms with E-state index in [1.807, 2.05) is 0 Å². The Morgan fingerprint density at radius 3 is 2.40 bits per heavy atom. The summed E-state index contributed by atoms with van der Waals surface area (Å²) in [6.07, 6.45) is 2.23. The van der Waals surface area contributed by atoms with E-state index in [4.69, 9.17) is 4.74 Å². The molecule has 0 atom stereocenters. The first-order valence-corrected chi connectivity index (χ1v) is 10.6. The van der Waals surface area contributed by atoms with Gasteiger partial charge in [0, 0.05) is 13.0 Å². The van der Waals surface area contributed by atoms with Crippen molar-refractivity contribution in [1.29, 1.82) is 0 Å². The van der Waals surface area contributed by atoms with Gasteiger partial charge in [0.25, 0.3) is 11.8 Å². The van der Waals surface area contributed by atoms with E-state index >= 15 is 0 Å². The Hall–Kier alpha value is -3.07. The first-order valence-electron chi connectivity index (χ1n) is 9.82.